The highest BCUT2D eigenvalue weighted by molar-refractivity contribution is 5.82. The number of fused-ring (bicyclic) bond motifs is 1. The molecular formula is C6H8O2. The molecule has 0 spiro atoms. The highest BCUT2D eigenvalue weighted by Crippen LogP contribution is 2.57. The minimum Gasteiger partial charge on any atom is -0.465 e. The van der Waals surface area contributed by atoms with E-state index in [9.17, 15) is 4.79 Å². The lowest BCUT2D eigenvalue weighted by Crippen LogP contribution is -2.08. The molecule has 1 aliphatic heterocycles. The normalized spacial score (nSPS) is 50.6. The molecule has 1 saturated carbocycles. The predicted molar refractivity (Wildman–Crippen MR) is 27.2 cm³/mol. The van der Waals surface area contributed by atoms with Crippen molar-refractivity contribution in [2.45, 2.75) is 13.3 Å². The van der Waals surface area contributed by atoms with E-state index in [0.29, 0.717) is 12.5 Å². The molecule has 1 saturated heterocycles. The van der Waals surface area contributed by atoms with E-state index in [2.05, 4.69) is 0 Å². The molecule has 2 atom stereocenters. The van der Waals surface area contributed by atoms with Crippen LogP contribution >= 0.6 is 0 Å². The molecule has 0 N–H and O–H groups in total. The Hall–Kier alpha value is -0.530. The highest BCUT2D eigenvalue weighted by Gasteiger charge is 2.62. The molecule has 0 aromatic rings. The molecule has 0 aromatic heterocycles. The van der Waals surface area contributed by atoms with Crippen LogP contribution in [-0.4, -0.2) is 12.6 Å². The maximum atomic E-state index is 10.7. The lowest BCUT2D eigenvalue weighted by atomic mass is 10.1. The number of esters is 1. The van der Waals surface area contributed by atoms with Gasteiger partial charge in [0.05, 0.1) is 12.0 Å². The number of ether oxygens (including phenoxy) is 1. The van der Waals surface area contributed by atoms with E-state index in [1.54, 1.807) is 0 Å². The van der Waals surface area contributed by atoms with Crippen LogP contribution in [0.2, 0.25) is 0 Å². The summed E-state index contributed by atoms with van der Waals surface area (Å²) in [6, 6.07) is 0. The van der Waals surface area contributed by atoms with Crippen molar-refractivity contribution in [3.63, 3.8) is 0 Å². The fraction of sp³-hybridized carbons (Fsp3) is 0.833. The Balaban J connectivity index is 2.31. The topological polar surface area (TPSA) is 26.3 Å². The van der Waals surface area contributed by atoms with Gasteiger partial charge in [-0.25, -0.2) is 0 Å². The number of carbonyl (C=O) groups is 1. The Kier molecular flexibility index (Phi) is 0.504. The fourth-order valence-electron chi connectivity index (χ4n) is 1.29. The van der Waals surface area contributed by atoms with Gasteiger partial charge in [-0.2, -0.15) is 0 Å². The van der Waals surface area contributed by atoms with Crippen LogP contribution in [0.15, 0.2) is 0 Å². The molecule has 2 heteroatoms. The molecule has 0 radical (unpaired) electrons. The molecule has 2 rings (SSSR count). The van der Waals surface area contributed by atoms with Gasteiger partial charge in [-0.15, -0.1) is 0 Å². The van der Waals surface area contributed by atoms with Crippen LogP contribution in [0.3, 0.4) is 0 Å². The van der Waals surface area contributed by atoms with Gasteiger partial charge in [0.15, 0.2) is 0 Å². The van der Waals surface area contributed by atoms with Crippen LogP contribution in [0.5, 0.6) is 0 Å². The van der Waals surface area contributed by atoms with Crippen LogP contribution in [-0.2, 0) is 9.53 Å². The van der Waals surface area contributed by atoms with Gasteiger partial charge in [-0.3, -0.25) is 4.79 Å². The van der Waals surface area contributed by atoms with E-state index in [0.717, 1.165) is 6.42 Å². The molecule has 2 nitrogen and oxygen atoms in total. The Morgan fingerprint density at radius 3 is 2.75 bits per heavy atom. The zero-order valence-electron chi connectivity index (χ0n) is 4.81. The van der Waals surface area contributed by atoms with Gasteiger partial charge in [-0.05, 0) is 13.3 Å². The summed E-state index contributed by atoms with van der Waals surface area (Å²) in [6.07, 6.45) is 1.06. The molecular weight excluding hydrogens is 104 g/mol. The minimum absolute atomic E-state index is 0.0162. The number of hydrogen-bond donors (Lipinski definition) is 0. The summed E-state index contributed by atoms with van der Waals surface area (Å²) >= 11 is 0. The van der Waals surface area contributed by atoms with E-state index in [1.807, 2.05) is 6.92 Å². The van der Waals surface area contributed by atoms with Crippen LogP contribution in [0.25, 0.3) is 0 Å². The molecule has 1 unspecified atom stereocenters. The second-order valence-electron chi connectivity index (χ2n) is 2.92. The first-order chi connectivity index (χ1) is 3.73. The lowest BCUT2D eigenvalue weighted by molar-refractivity contribution is -0.144. The lowest BCUT2D eigenvalue weighted by Gasteiger charge is -1.96. The summed E-state index contributed by atoms with van der Waals surface area (Å²) in [5, 5.41) is 0. The quantitative estimate of drug-likeness (QED) is 0.428. The van der Waals surface area contributed by atoms with Crippen LogP contribution < -0.4 is 0 Å². The molecule has 0 amide bonds. The van der Waals surface area contributed by atoms with Gasteiger partial charge in [0.1, 0.15) is 0 Å². The van der Waals surface area contributed by atoms with Gasteiger partial charge >= 0.3 is 5.97 Å². The monoisotopic (exact) mass is 112 g/mol. The van der Waals surface area contributed by atoms with Crippen LogP contribution in [0.4, 0.5) is 0 Å². The smallest absolute Gasteiger partial charge is 0.312 e. The Morgan fingerprint density at radius 1 is 1.88 bits per heavy atom. The molecule has 1 heterocycles. The molecule has 0 bridgehead atoms. The number of cyclic esters (lactones) is 1. The second-order valence-corrected chi connectivity index (χ2v) is 2.92. The van der Waals surface area contributed by atoms with Crippen molar-refractivity contribution < 1.29 is 9.53 Å². The van der Waals surface area contributed by atoms with E-state index < -0.39 is 0 Å². The van der Waals surface area contributed by atoms with E-state index in [1.165, 1.54) is 0 Å². The maximum Gasteiger partial charge on any atom is 0.312 e. The standard InChI is InChI=1S/C6H8O2/c1-6-2-4(6)3-8-5(6)7/h4H,2-3H2,1H3/t4?,6-/m0/s1. The second kappa shape index (κ2) is 0.925. The fourth-order valence-corrected chi connectivity index (χ4v) is 1.29. The Bertz CT molecular complexity index is 151. The Morgan fingerprint density at radius 2 is 2.62 bits per heavy atom. The average Bonchev–Trinajstić information content (AvgIpc) is 2.31. The predicted octanol–water partition coefficient (Wildman–Crippen LogP) is 0.569. The van der Waals surface area contributed by atoms with Crippen molar-refractivity contribution in [3.8, 4) is 0 Å². The summed E-state index contributed by atoms with van der Waals surface area (Å²) < 4.78 is 4.78. The molecule has 1 aliphatic carbocycles. The molecule has 8 heavy (non-hydrogen) atoms. The summed E-state index contributed by atoms with van der Waals surface area (Å²) in [4.78, 5) is 10.7. The number of carbonyl (C=O) groups excluding carboxylic acids is 1. The van der Waals surface area contributed by atoms with Crippen LogP contribution in [0, 0.1) is 11.3 Å². The third-order valence-corrected chi connectivity index (χ3v) is 2.29. The summed E-state index contributed by atoms with van der Waals surface area (Å²) in [5.41, 5.74) is -0.0417. The average molecular weight is 112 g/mol. The zero-order chi connectivity index (χ0) is 5.78. The van der Waals surface area contributed by atoms with E-state index in [4.69, 9.17) is 4.74 Å². The third-order valence-electron chi connectivity index (χ3n) is 2.29. The van der Waals surface area contributed by atoms with Crippen molar-refractivity contribution in [2.75, 3.05) is 6.61 Å². The first-order valence-corrected chi connectivity index (χ1v) is 2.91. The van der Waals surface area contributed by atoms with Gasteiger partial charge in [0, 0.05) is 5.92 Å². The summed E-state index contributed by atoms with van der Waals surface area (Å²) in [6.45, 7) is 2.66. The van der Waals surface area contributed by atoms with Gasteiger partial charge in [0.2, 0.25) is 0 Å². The summed E-state index contributed by atoms with van der Waals surface area (Å²) in [7, 11) is 0. The largest absolute Gasteiger partial charge is 0.465 e. The van der Waals surface area contributed by atoms with Crippen molar-refractivity contribution in [3.05, 3.63) is 0 Å². The SMILES string of the molecule is C[C@]12CC1COC2=O. The Labute approximate surface area is 47.8 Å². The zero-order valence-corrected chi connectivity index (χ0v) is 4.81. The van der Waals surface area contributed by atoms with Crippen molar-refractivity contribution in [1.82, 2.24) is 0 Å². The molecule has 0 aromatic carbocycles. The maximum absolute atomic E-state index is 10.7. The molecule has 44 valence electrons. The van der Waals surface area contributed by atoms with Crippen molar-refractivity contribution in [1.29, 1.82) is 0 Å². The highest BCUT2D eigenvalue weighted by atomic mass is 16.5. The number of rotatable bonds is 0. The van der Waals surface area contributed by atoms with Gasteiger partial charge in [0.25, 0.3) is 0 Å². The minimum atomic E-state index is -0.0417. The third kappa shape index (κ3) is 0.288. The van der Waals surface area contributed by atoms with Gasteiger partial charge in [-0.1, -0.05) is 0 Å². The summed E-state index contributed by atoms with van der Waals surface area (Å²) in [5.74, 6) is 0.581. The molecule has 2 aliphatic rings. The molecule has 2 fully saturated rings. The first kappa shape index (κ1) is 4.36. The number of hydrogen-bond acceptors (Lipinski definition) is 2. The van der Waals surface area contributed by atoms with E-state index >= 15 is 0 Å². The van der Waals surface area contributed by atoms with Crippen molar-refractivity contribution in [2.24, 2.45) is 11.3 Å². The van der Waals surface area contributed by atoms with Crippen molar-refractivity contribution >= 4 is 5.97 Å². The van der Waals surface area contributed by atoms with Crippen LogP contribution in [0.1, 0.15) is 13.3 Å². The van der Waals surface area contributed by atoms with E-state index in [-0.39, 0.29) is 11.4 Å². The van der Waals surface area contributed by atoms with Gasteiger partial charge < -0.3 is 4.74 Å². The first-order valence-electron chi connectivity index (χ1n) is 2.91.